The molecule has 1 aliphatic heterocycles. The molecule has 2 aliphatic rings. The van der Waals surface area contributed by atoms with Crippen LogP contribution in [0.3, 0.4) is 0 Å². The van der Waals surface area contributed by atoms with Crippen molar-refractivity contribution in [3.05, 3.63) is 20.3 Å². The minimum absolute atomic E-state index is 0.00166. The van der Waals surface area contributed by atoms with E-state index in [1.165, 1.54) is 24.2 Å². The molecule has 1 spiro atoms. The molecule has 5 heteroatoms. The molecule has 2 heterocycles. The van der Waals surface area contributed by atoms with Crippen molar-refractivity contribution in [2.75, 3.05) is 13.1 Å². The zero-order valence-electron chi connectivity index (χ0n) is 11.0. The van der Waals surface area contributed by atoms with Crippen LogP contribution in [0, 0.1) is 5.92 Å². The first-order valence-electron chi connectivity index (χ1n) is 6.91. The summed E-state index contributed by atoms with van der Waals surface area (Å²) in [4.78, 5) is 0. The van der Waals surface area contributed by atoms with E-state index in [1.807, 2.05) is 6.07 Å². The fraction of sp³-hybridized carbons (Fsp3) is 0.714. The van der Waals surface area contributed by atoms with Gasteiger partial charge in [-0.3, -0.25) is 0 Å². The molecule has 2 nitrogen and oxygen atoms in total. The lowest BCUT2D eigenvalue weighted by Gasteiger charge is -2.46. The van der Waals surface area contributed by atoms with Gasteiger partial charge < -0.3 is 10.1 Å². The number of hydrogen-bond donors (Lipinski definition) is 1. The fourth-order valence-corrected chi connectivity index (χ4v) is 5.00. The molecule has 0 amide bonds. The fourth-order valence-electron chi connectivity index (χ4n) is 3.44. The summed E-state index contributed by atoms with van der Waals surface area (Å²) in [6.45, 7) is 4.11. The van der Waals surface area contributed by atoms with Crippen LogP contribution in [-0.2, 0) is 4.74 Å². The highest BCUT2D eigenvalue weighted by molar-refractivity contribution is 7.20. The van der Waals surface area contributed by atoms with Gasteiger partial charge in [-0.05, 0) is 24.8 Å². The van der Waals surface area contributed by atoms with Crippen LogP contribution in [0.25, 0.3) is 0 Å². The van der Waals surface area contributed by atoms with Crippen molar-refractivity contribution in [3.63, 3.8) is 0 Å². The van der Waals surface area contributed by atoms with Crippen molar-refractivity contribution >= 4 is 34.5 Å². The maximum absolute atomic E-state index is 6.47. The molecule has 0 radical (unpaired) electrons. The normalized spacial score (nSPS) is 35.7. The predicted octanol–water partition coefficient (Wildman–Crippen LogP) is 4.66. The maximum atomic E-state index is 6.47. The third-order valence-electron chi connectivity index (χ3n) is 4.25. The summed E-state index contributed by atoms with van der Waals surface area (Å²) in [5.74, 6) is 0.746. The molecule has 1 saturated carbocycles. The van der Waals surface area contributed by atoms with Crippen molar-refractivity contribution in [2.24, 2.45) is 5.92 Å². The topological polar surface area (TPSA) is 21.3 Å². The lowest BCUT2D eigenvalue weighted by atomic mass is 9.78. The number of nitrogens with one attached hydrogen (secondary N) is 1. The Morgan fingerprint density at radius 2 is 2.32 bits per heavy atom. The van der Waals surface area contributed by atoms with Crippen molar-refractivity contribution in [1.29, 1.82) is 0 Å². The van der Waals surface area contributed by atoms with Crippen LogP contribution in [-0.4, -0.2) is 18.7 Å². The van der Waals surface area contributed by atoms with E-state index in [2.05, 4.69) is 12.2 Å². The van der Waals surface area contributed by atoms with Crippen LogP contribution in [0.15, 0.2) is 6.07 Å². The van der Waals surface area contributed by atoms with E-state index in [0.29, 0.717) is 0 Å². The van der Waals surface area contributed by atoms with Gasteiger partial charge in [-0.1, -0.05) is 43.0 Å². The van der Waals surface area contributed by atoms with Crippen molar-refractivity contribution < 1.29 is 4.74 Å². The molecule has 19 heavy (non-hydrogen) atoms. The molecule has 106 valence electrons. The molecule has 0 bridgehead atoms. The predicted molar refractivity (Wildman–Crippen MR) is 81.4 cm³/mol. The monoisotopic (exact) mass is 319 g/mol. The Kier molecular flexibility index (Phi) is 4.12. The van der Waals surface area contributed by atoms with Gasteiger partial charge in [0.25, 0.3) is 0 Å². The summed E-state index contributed by atoms with van der Waals surface area (Å²) in [6, 6.07) is 1.95. The minimum Gasteiger partial charge on any atom is -0.364 e. The third-order valence-corrected chi connectivity index (χ3v) is 5.77. The Morgan fingerprint density at radius 3 is 3.00 bits per heavy atom. The first-order valence-corrected chi connectivity index (χ1v) is 8.48. The van der Waals surface area contributed by atoms with Crippen LogP contribution in [0.4, 0.5) is 0 Å². The van der Waals surface area contributed by atoms with Crippen molar-refractivity contribution in [3.8, 4) is 0 Å². The van der Waals surface area contributed by atoms with E-state index < -0.39 is 0 Å². The number of morpholine rings is 1. The molecule has 3 atom stereocenters. The summed E-state index contributed by atoms with van der Waals surface area (Å²) in [7, 11) is 0. The highest BCUT2D eigenvalue weighted by atomic mass is 35.5. The Morgan fingerprint density at radius 1 is 1.47 bits per heavy atom. The van der Waals surface area contributed by atoms with E-state index in [-0.39, 0.29) is 11.7 Å². The second-order valence-electron chi connectivity index (χ2n) is 5.90. The largest absolute Gasteiger partial charge is 0.364 e. The Labute approximate surface area is 128 Å². The zero-order chi connectivity index (χ0) is 13.5. The molecule has 1 saturated heterocycles. The van der Waals surface area contributed by atoms with Crippen LogP contribution in [0.2, 0.25) is 8.67 Å². The summed E-state index contributed by atoms with van der Waals surface area (Å²) in [5, 5.41) is 3.53. The third kappa shape index (κ3) is 2.96. The Balaban J connectivity index is 1.79. The van der Waals surface area contributed by atoms with Crippen LogP contribution in [0.5, 0.6) is 0 Å². The second kappa shape index (κ2) is 5.53. The molecule has 0 aromatic carbocycles. The first-order chi connectivity index (χ1) is 9.08. The Bertz CT molecular complexity index is 460. The summed E-state index contributed by atoms with van der Waals surface area (Å²) >= 11 is 13.7. The number of ether oxygens (including phenoxy) is 1. The molecular formula is C14H19Cl2NOS. The first kappa shape index (κ1) is 14.2. The van der Waals surface area contributed by atoms with E-state index in [4.69, 9.17) is 27.9 Å². The molecule has 1 N–H and O–H groups in total. The molecule has 3 unspecified atom stereocenters. The van der Waals surface area contributed by atoms with Gasteiger partial charge in [0, 0.05) is 18.7 Å². The van der Waals surface area contributed by atoms with Gasteiger partial charge in [-0.15, -0.1) is 11.3 Å². The van der Waals surface area contributed by atoms with E-state index in [1.54, 1.807) is 0 Å². The quantitative estimate of drug-likeness (QED) is 0.812. The zero-order valence-corrected chi connectivity index (χ0v) is 13.4. The van der Waals surface area contributed by atoms with Crippen LogP contribution < -0.4 is 5.32 Å². The van der Waals surface area contributed by atoms with Crippen molar-refractivity contribution in [2.45, 2.75) is 44.3 Å². The number of halogens is 2. The van der Waals surface area contributed by atoms with Crippen LogP contribution in [0.1, 0.15) is 44.3 Å². The maximum Gasteiger partial charge on any atom is 0.100 e. The summed E-state index contributed by atoms with van der Waals surface area (Å²) in [5.41, 5.74) is 1.04. The highest BCUT2D eigenvalue weighted by Crippen LogP contribution is 2.43. The molecule has 1 aromatic heterocycles. The molecule has 1 aliphatic carbocycles. The molecule has 2 fully saturated rings. The van der Waals surface area contributed by atoms with Crippen LogP contribution >= 0.6 is 34.5 Å². The second-order valence-corrected chi connectivity index (χ2v) is 8.19. The van der Waals surface area contributed by atoms with E-state index >= 15 is 0 Å². The molecule has 3 rings (SSSR count). The lowest BCUT2D eigenvalue weighted by Crippen LogP contribution is -2.52. The van der Waals surface area contributed by atoms with Gasteiger partial charge in [0.2, 0.25) is 0 Å². The number of hydrogen-bond acceptors (Lipinski definition) is 3. The number of rotatable bonds is 1. The average Bonchev–Trinajstić information content (AvgIpc) is 2.68. The van der Waals surface area contributed by atoms with Gasteiger partial charge in [-0.2, -0.15) is 0 Å². The van der Waals surface area contributed by atoms with Gasteiger partial charge in [0.15, 0.2) is 0 Å². The summed E-state index contributed by atoms with van der Waals surface area (Å²) < 4.78 is 7.96. The number of thiophene rings is 1. The van der Waals surface area contributed by atoms with E-state index in [0.717, 1.165) is 46.1 Å². The van der Waals surface area contributed by atoms with Crippen molar-refractivity contribution in [1.82, 2.24) is 5.32 Å². The lowest BCUT2D eigenvalue weighted by molar-refractivity contribution is -0.143. The van der Waals surface area contributed by atoms with E-state index in [9.17, 15) is 0 Å². The highest BCUT2D eigenvalue weighted by Gasteiger charge is 2.41. The Hall–Kier alpha value is 0.200. The molecular weight excluding hydrogens is 301 g/mol. The average molecular weight is 320 g/mol. The minimum atomic E-state index is -0.00166. The van der Waals surface area contributed by atoms with Gasteiger partial charge in [0.1, 0.15) is 4.34 Å². The van der Waals surface area contributed by atoms with Gasteiger partial charge in [-0.25, -0.2) is 0 Å². The van der Waals surface area contributed by atoms with Gasteiger partial charge >= 0.3 is 0 Å². The summed E-state index contributed by atoms with van der Waals surface area (Å²) in [6.07, 6.45) is 4.91. The SMILES string of the molecule is CC1CCCC2(CNCC(c3cc(Cl)sc3Cl)O2)C1. The van der Waals surface area contributed by atoms with Gasteiger partial charge in [0.05, 0.1) is 16.0 Å². The molecule has 1 aromatic rings. The standard InChI is InChI=1S/C14H19Cl2NOS/c1-9-3-2-4-14(6-9)8-17-7-11(18-14)10-5-12(15)19-13(10)16/h5,9,11,17H,2-4,6-8H2,1H3. The smallest absolute Gasteiger partial charge is 0.100 e.